The van der Waals surface area contributed by atoms with Crippen LogP contribution < -0.4 is 5.32 Å². The summed E-state index contributed by atoms with van der Waals surface area (Å²) in [5, 5.41) is 20.2. The van der Waals surface area contributed by atoms with Crippen LogP contribution in [-0.4, -0.2) is 32.6 Å². The quantitative estimate of drug-likeness (QED) is 0.753. The van der Waals surface area contributed by atoms with Crippen LogP contribution in [0.5, 0.6) is 0 Å². The Bertz CT molecular complexity index is 813. The minimum absolute atomic E-state index is 0.193. The molecule has 0 bridgehead atoms. The summed E-state index contributed by atoms with van der Waals surface area (Å²) >= 11 is 0. The van der Waals surface area contributed by atoms with E-state index in [1.165, 1.54) is 0 Å². The van der Waals surface area contributed by atoms with Crippen molar-refractivity contribution in [1.82, 2.24) is 20.3 Å². The number of aliphatic hydroxyl groups excluding tert-OH is 1. The van der Waals surface area contributed by atoms with E-state index >= 15 is 0 Å². The summed E-state index contributed by atoms with van der Waals surface area (Å²) in [7, 11) is 0. The average Bonchev–Trinajstić information content (AvgIpc) is 3.11. The lowest BCUT2D eigenvalue weighted by Gasteiger charge is -2.15. The zero-order valence-corrected chi connectivity index (χ0v) is 13.3. The molecule has 1 heterocycles. The molecule has 1 atom stereocenters. The van der Waals surface area contributed by atoms with Gasteiger partial charge in [-0.1, -0.05) is 53.2 Å². The van der Waals surface area contributed by atoms with Gasteiger partial charge in [0.1, 0.15) is 0 Å². The molecule has 0 radical (unpaired) electrons. The highest BCUT2D eigenvalue weighted by Gasteiger charge is 2.17. The summed E-state index contributed by atoms with van der Waals surface area (Å²) in [6.45, 7) is 1.81. The zero-order chi connectivity index (χ0) is 16.9. The number of nitrogens with one attached hydrogen (secondary N) is 1. The van der Waals surface area contributed by atoms with Crippen molar-refractivity contribution < 1.29 is 9.90 Å². The van der Waals surface area contributed by atoms with Crippen LogP contribution in [0.3, 0.4) is 0 Å². The molecule has 24 heavy (non-hydrogen) atoms. The van der Waals surface area contributed by atoms with E-state index in [1.54, 1.807) is 10.9 Å². The first-order chi connectivity index (χ1) is 11.7. The molecule has 6 nitrogen and oxygen atoms in total. The van der Waals surface area contributed by atoms with Crippen molar-refractivity contribution in [3.05, 3.63) is 77.6 Å². The number of carbonyl (C=O) groups is 1. The van der Waals surface area contributed by atoms with E-state index in [-0.39, 0.29) is 18.2 Å². The van der Waals surface area contributed by atoms with E-state index in [4.69, 9.17) is 0 Å². The van der Waals surface area contributed by atoms with Crippen molar-refractivity contribution in [1.29, 1.82) is 0 Å². The third kappa shape index (κ3) is 3.49. The summed E-state index contributed by atoms with van der Waals surface area (Å²) in [5.41, 5.74) is 3.00. The van der Waals surface area contributed by atoms with E-state index in [2.05, 4.69) is 15.6 Å². The molecule has 2 aromatic carbocycles. The number of benzene rings is 2. The Morgan fingerprint density at radius 1 is 1.17 bits per heavy atom. The molecule has 1 amide bonds. The lowest BCUT2D eigenvalue weighted by Crippen LogP contribution is -2.31. The summed E-state index contributed by atoms with van der Waals surface area (Å²) < 4.78 is 1.55. The van der Waals surface area contributed by atoms with Gasteiger partial charge in [-0.05, 0) is 24.6 Å². The molecule has 0 spiro atoms. The highest BCUT2D eigenvalue weighted by molar-refractivity contribution is 5.92. The topological polar surface area (TPSA) is 80.0 Å². The number of carbonyl (C=O) groups excluding carboxylic acids is 1. The second kappa shape index (κ2) is 7.06. The molecule has 0 saturated carbocycles. The van der Waals surface area contributed by atoms with Crippen molar-refractivity contribution in [2.24, 2.45) is 0 Å². The van der Waals surface area contributed by atoms with Crippen molar-refractivity contribution in [3.63, 3.8) is 0 Å². The molecule has 0 aliphatic rings. The first kappa shape index (κ1) is 15.9. The first-order valence-corrected chi connectivity index (χ1v) is 7.63. The fourth-order valence-corrected chi connectivity index (χ4v) is 2.34. The van der Waals surface area contributed by atoms with Gasteiger partial charge >= 0.3 is 0 Å². The van der Waals surface area contributed by atoms with Crippen LogP contribution in [0.25, 0.3) is 5.69 Å². The van der Waals surface area contributed by atoms with E-state index in [1.807, 2.05) is 61.5 Å². The number of aromatic nitrogens is 3. The lowest BCUT2D eigenvalue weighted by molar-refractivity contribution is 0.0911. The van der Waals surface area contributed by atoms with Gasteiger partial charge in [-0.2, -0.15) is 0 Å². The maximum atomic E-state index is 12.3. The Labute approximate surface area is 139 Å². The molecule has 1 aromatic heterocycles. The van der Waals surface area contributed by atoms with Gasteiger partial charge in [0.05, 0.1) is 24.5 Å². The number of aliphatic hydroxyl groups is 1. The molecule has 0 unspecified atom stereocenters. The van der Waals surface area contributed by atoms with Gasteiger partial charge in [-0.15, -0.1) is 5.10 Å². The Balaban J connectivity index is 1.75. The van der Waals surface area contributed by atoms with Gasteiger partial charge in [0.25, 0.3) is 5.91 Å². The predicted octanol–water partition coefficient (Wildman–Crippen LogP) is 2.04. The first-order valence-electron chi connectivity index (χ1n) is 7.63. The van der Waals surface area contributed by atoms with E-state index in [0.29, 0.717) is 0 Å². The van der Waals surface area contributed by atoms with Crippen LogP contribution >= 0.6 is 0 Å². The minimum Gasteiger partial charge on any atom is -0.394 e. The van der Waals surface area contributed by atoms with Gasteiger partial charge in [0, 0.05) is 0 Å². The number of aryl methyl sites for hydroxylation is 1. The summed E-state index contributed by atoms with van der Waals surface area (Å²) in [4.78, 5) is 12.3. The average molecular weight is 322 g/mol. The smallest absolute Gasteiger partial charge is 0.274 e. The number of hydrogen-bond acceptors (Lipinski definition) is 4. The third-order valence-electron chi connectivity index (χ3n) is 3.71. The molecule has 0 fully saturated rings. The van der Waals surface area contributed by atoms with Crippen molar-refractivity contribution in [3.8, 4) is 5.69 Å². The zero-order valence-electron chi connectivity index (χ0n) is 13.3. The molecular formula is C18H18N4O2. The molecule has 122 valence electrons. The van der Waals surface area contributed by atoms with Crippen LogP contribution in [0.2, 0.25) is 0 Å². The Morgan fingerprint density at radius 3 is 2.54 bits per heavy atom. The summed E-state index contributed by atoms with van der Waals surface area (Å²) in [5.74, 6) is -0.378. The third-order valence-corrected chi connectivity index (χ3v) is 3.71. The summed E-state index contributed by atoms with van der Waals surface area (Å²) in [6, 6.07) is 16.6. The van der Waals surface area contributed by atoms with Gasteiger partial charge in [0.15, 0.2) is 5.69 Å². The van der Waals surface area contributed by atoms with Crippen molar-refractivity contribution >= 4 is 5.91 Å². The van der Waals surface area contributed by atoms with Crippen LogP contribution in [-0.2, 0) is 0 Å². The van der Waals surface area contributed by atoms with Crippen LogP contribution in [0, 0.1) is 6.92 Å². The second-order valence-electron chi connectivity index (χ2n) is 5.50. The fraction of sp³-hybridized carbons (Fsp3) is 0.167. The van der Waals surface area contributed by atoms with Gasteiger partial charge in [-0.25, -0.2) is 4.68 Å². The second-order valence-corrected chi connectivity index (χ2v) is 5.50. The molecule has 0 aliphatic carbocycles. The fourth-order valence-electron chi connectivity index (χ4n) is 2.34. The molecule has 3 aromatic rings. The van der Waals surface area contributed by atoms with Crippen molar-refractivity contribution in [2.75, 3.05) is 6.61 Å². The monoisotopic (exact) mass is 322 g/mol. The highest BCUT2D eigenvalue weighted by Crippen LogP contribution is 2.13. The number of rotatable bonds is 5. The maximum absolute atomic E-state index is 12.3. The largest absolute Gasteiger partial charge is 0.394 e. The van der Waals surface area contributed by atoms with Gasteiger partial charge in [0.2, 0.25) is 0 Å². The van der Waals surface area contributed by atoms with Crippen molar-refractivity contribution in [2.45, 2.75) is 13.0 Å². The Hall–Kier alpha value is -2.99. The number of hydrogen-bond donors (Lipinski definition) is 2. The van der Waals surface area contributed by atoms with E-state index < -0.39 is 6.04 Å². The van der Waals surface area contributed by atoms with Crippen LogP contribution in [0.1, 0.15) is 27.7 Å². The molecule has 0 aliphatic heterocycles. The van der Waals surface area contributed by atoms with Crippen LogP contribution in [0.15, 0.2) is 60.8 Å². The van der Waals surface area contributed by atoms with Gasteiger partial charge < -0.3 is 10.4 Å². The van der Waals surface area contributed by atoms with Gasteiger partial charge in [-0.3, -0.25) is 4.79 Å². The minimum atomic E-state index is -0.483. The molecule has 0 saturated heterocycles. The SMILES string of the molecule is Cc1ccc(-n2cc(C(=O)N[C@H](CO)c3ccccc3)nn2)cc1. The summed E-state index contributed by atoms with van der Waals surface area (Å²) in [6.07, 6.45) is 1.57. The van der Waals surface area contributed by atoms with E-state index in [0.717, 1.165) is 16.8 Å². The highest BCUT2D eigenvalue weighted by atomic mass is 16.3. The number of amides is 1. The van der Waals surface area contributed by atoms with Crippen LogP contribution in [0.4, 0.5) is 0 Å². The molecule has 3 rings (SSSR count). The Kier molecular flexibility index (Phi) is 4.67. The van der Waals surface area contributed by atoms with E-state index in [9.17, 15) is 9.90 Å². The number of nitrogens with zero attached hydrogens (tertiary/aromatic N) is 3. The lowest BCUT2D eigenvalue weighted by atomic mass is 10.1. The standard InChI is InChI=1S/C18H18N4O2/c1-13-7-9-15(10-8-13)22-11-16(20-21-22)18(24)19-17(12-23)14-5-3-2-4-6-14/h2-11,17,23H,12H2,1H3,(H,19,24)/t17-/m1/s1. The molecule has 6 heteroatoms. The maximum Gasteiger partial charge on any atom is 0.274 e. The molecular weight excluding hydrogens is 304 g/mol. The normalized spacial score (nSPS) is 11.9. The molecule has 2 N–H and O–H groups in total. The Morgan fingerprint density at radius 2 is 1.88 bits per heavy atom. The predicted molar refractivity (Wildman–Crippen MR) is 89.8 cm³/mol.